The minimum atomic E-state index is 0.0840. The molecule has 1 aliphatic carbocycles. The summed E-state index contributed by atoms with van der Waals surface area (Å²) in [5, 5.41) is 7.22. The van der Waals surface area contributed by atoms with Gasteiger partial charge in [0.05, 0.1) is 24.9 Å². The van der Waals surface area contributed by atoms with Crippen molar-refractivity contribution in [3.63, 3.8) is 0 Å². The number of rotatable bonds is 5. The van der Waals surface area contributed by atoms with Gasteiger partial charge in [-0.1, -0.05) is 18.0 Å². The average molecular weight is 361 g/mol. The van der Waals surface area contributed by atoms with Gasteiger partial charge in [-0.15, -0.1) is 0 Å². The Hall–Kier alpha value is -1.40. The molecule has 1 amide bonds. The molecule has 0 aromatic carbocycles. The Bertz CT molecular complexity index is 603. The van der Waals surface area contributed by atoms with E-state index in [2.05, 4.69) is 15.4 Å². The third-order valence-corrected chi connectivity index (χ3v) is 6.41. The fourth-order valence-electron chi connectivity index (χ4n) is 4.83. The van der Waals surface area contributed by atoms with E-state index in [1.165, 1.54) is 25.7 Å². The van der Waals surface area contributed by atoms with Crippen LogP contribution < -0.4 is 5.32 Å². The van der Waals surface area contributed by atoms with Gasteiger partial charge in [0.2, 0.25) is 5.91 Å². The Morgan fingerprint density at radius 1 is 1.23 bits per heavy atom. The van der Waals surface area contributed by atoms with Crippen LogP contribution in [0.25, 0.3) is 0 Å². The maximum Gasteiger partial charge on any atom is 0.223 e. The fourth-order valence-corrected chi connectivity index (χ4v) is 4.83. The van der Waals surface area contributed by atoms with Gasteiger partial charge < -0.3 is 19.5 Å². The van der Waals surface area contributed by atoms with Crippen molar-refractivity contribution in [3.8, 4) is 0 Å². The van der Waals surface area contributed by atoms with E-state index < -0.39 is 0 Å². The number of hydrogen-bond acceptors (Lipinski definition) is 5. The van der Waals surface area contributed by atoms with Gasteiger partial charge in [0.1, 0.15) is 5.76 Å². The second-order valence-corrected chi connectivity index (χ2v) is 8.30. The molecule has 4 rings (SSSR count). The third kappa shape index (κ3) is 4.12. The van der Waals surface area contributed by atoms with E-state index in [0.29, 0.717) is 13.2 Å². The summed E-state index contributed by atoms with van der Waals surface area (Å²) in [5.74, 6) is 1.51. The highest BCUT2D eigenvalue weighted by atomic mass is 16.5. The number of amides is 1. The lowest BCUT2D eigenvalue weighted by Crippen LogP contribution is -2.47. The van der Waals surface area contributed by atoms with Crippen molar-refractivity contribution >= 4 is 5.91 Å². The zero-order chi connectivity index (χ0) is 17.9. The smallest absolute Gasteiger partial charge is 0.223 e. The molecule has 26 heavy (non-hydrogen) atoms. The van der Waals surface area contributed by atoms with E-state index in [9.17, 15) is 4.79 Å². The minimum absolute atomic E-state index is 0.0840. The Morgan fingerprint density at radius 2 is 2.00 bits per heavy atom. The lowest BCUT2D eigenvalue weighted by Gasteiger charge is -2.35. The Kier molecular flexibility index (Phi) is 5.60. The number of nitrogens with one attached hydrogen (secondary N) is 1. The number of ether oxygens (including phenoxy) is 1. The van der Waals surface area contributed by atoms with Crippen LogP contribution in [0.15, 0.2) is 10.6 Å². The number of aromatic nitrogens is 1. The van der Waals surface area contributed by atoms with Crippen molar-refractivity contribution in [3.05, 3.63) is 17.5 Å². The first-order valence-corrected chi connectivity index (χ1v) is 10.2. The summed E-state index contributed by atoms with van der Waals surface area (Å²) in [5.41, 5.74) is 0.897. The number of carbonyl (C=O) groups is 1. The summed E-state index contributed by atoms with van der Waals surface area (Å²) in [6.45, 7) is 5.35. The van der Waals surface area contributed by atoms with Crippen molar-refractivity contribution in [2.24, 2.45) is 11.8 Å². The molecule has 0 bridgehead atoms. The molecular weight excluding hydrogens is 330 g/mol. The predicted molar refractivity (Wildman–Crippen MR) is 97.7 cm³/mol. The molecule has 6 heteroatoms. The van der Waals surface area contributed by atoms with Crippen LogP contribution in [0.5, 0.6) is 0 Å². The van der Waals surface area contributed by atoms with E-state index in [0.717, 1.165) is 49.8 Å². The van der Waals surface area contributed by atoms with Crippen LogP contribution in [0.1, 0.15) is 50.0 Å². The summed E-state index contributed by atoms with van der Waals surface area (Å²) < 4.78 is 11.0. The molecule has 1 saturated carbocycles. The van der Waals surface area contributed by atoms with Crippen molar-refractivity contribution < 1.29 is 14.1 Å². The van der Waals surface area contributed by atoms with Crippen molar-refractivity contribution in [2.75, 3.05) is 26.3 Å². The normalized spacial score (nSPS) is 28.7. The number of aryl methyl sites for hydroxylation is 1. The lowest BCUT2D eigenvalue weighted by atomic mass is 9.92. The number of piperidine rings is 1. The SMILES string of the molecule is Cc1cc(CC2COCC2NC(=O)C2CCN(C3CCCC3)CC2)on1. The van der Waals surface area contributed by atoms with Crippen LogP contribution in [0.2, 0.25) is 0 Å². The second kappa shape index (κ2) is 8.09. The van der Waals surface area contributed by atoms with Crippen molar-refractivity contribution in [1.29, 1.82) is 0 Å². The van der Waals surface area contributed by atoms with Crippen LogP contribution in [-0.2, 0) is 16.0 Å². The van der Waals surface area contributed by atoms with Crippen LogP contribution in [0, 0.1) is 18.8 Å². The van der Waals surface area contributed by atoms with E-state index >= 15 is 0 Å². The molecule has 144 valence electrons. The first-order chi connectivity index (χ1) is 12.7. The van der Waals surface area contributed by atoms with Gasteiger partial charge in [-0.2, -0.15) is 0 Å². The summed E-state index contributed by atoms with van der Waals surface area (Å²) in [6, 6.07) is 2.83. The third-order valence-electron chi connectivity index (χ3n) is 6.41. The molecule has 1 aromatic heterocycles. The van der Waals surface area contributed by atoms with Gasteiger partial charge in [-0.3, -0.25) is 4.79 Å². The topological polar surface area (TPSA) is 67.6 Å². The lowest BCUT2D eigenvalue weighted by molar-refractivity contribution is -0.127. The van der Waals surface area contributed by atoms with Gasteiger partial charge in [-0.25, -0.2) is 0 Å². The number of nitrogens with zero attached hydrogens (tertiary/aromatic N) is 2. The maximum atomic E-state index is 12.8. The molecule has 0 radical (unpaired) electrons. The monoisotopic (exact) mass is 361 g/mol. The van der Waals surface area contributed by atoms with Gasteiger partial charge in [0, 0.05) is 30.4 Å². The summed E-state index contributed by atoms with van der Waals surface area (Å²) in [7, 11) is 0. The van der Waals surface area contributed by atoms with Crippen LogP contribution in [-0.4, -0.2) is 54.4 Å². The van der Waals surface area contributed by atoms with Gasteiger partial charge in [0.15, 0.2) is 0 Å². The van der Waals surface area contributed by atoms with Crippen molar-refractivity contribution in [1.82, 2.24) is 15.4 Å². The largest absolute Gasteiger partial charge is 0.379 e. The Labute approximate surface area is 155 Å². The highest BCUT2D eigenvalue weighted by Crippen LogP contribution is 2.28. The highest BCUT2D eigenvalue weighted by Gasteiger charge is 2.34. The average Bonchev–Trinajstić information content (AvgIpc) is 3.39. The van der Waals surface area contributed by atoms with Crippen molar-refractivity contribution in [2.45, 2.75) is 64.0 Å². The molecule has 3 aliphatic rings. The standard InChI is InChI=1S/C20H31N3O3/c1-14-10-18(26-22-14)11-16-12-25-13-19(16)21-20(24)15-6-8-23(9-7-15)17-4-2-3-5-17/h10,15-17,19H,2-9,11-13H2,1H3,(H,21,24). The highest BCUT2D eigenvalue weighted by molar-refractivity contribution is 5.79. The predicted octanol–water partition coefficient (Wildman–Crippen LogP) is 2.31. The zero-order valence-corrected chi connectivity index (χ0v) is 15.8. The maximum absolute atomic E-state index is 12.8. The number of carbonyl (C=O) groups excluding carboxylic acids is 1. The quantitative estimate of drug-likeness (QED) is 0.872. The summed E-state index contributed by atoms with van der Waals surface area (Å²) in [4.78, 5) is 15.4. The molecule has 1 aromatic rings. The molecule has 6 nitrogen and oxygen atoms in total. The molecule has 2 saturated heterocycles. The summed E-state index contributed by atoms with van der Waals surface area (Å²) >= 11 is 0. The van der Waals surface area contributed by atoms with Crippen LogP contribution in [0.4, 0.5) is 0 Å². The molecular formula is C20H31N3O3. The molecule has 2 unspecified atom stereocenters. The molecule has 0 spiro atoms. The molecule has 1 N–H and O–H groups in total. The molecule has 2 atom stereocenters. The van der Waals surface area contributed by atoms with E-state index in [-0.39, 0.29) is 23.8 Å². The van der Waals surface area contributed by atoms with Crippen LogP contribution >= 0.6 is 0 Å². The Morgan fingerprint density at radius 3 is 2.69 bits per heavy atom. The molecule has 2 aliphatic heterocycles. The molecule has 3 heterocycles. The first-order valence-electron chi connectivity index (χ1n) is 10.2. The van der Waals surface area contributed by atoms with Crippen LogP contribution in [0.3, 0.4) is 0 Å². The van der Waals surface area contributed by atoms with E-state index in [4.69, 9.17) is 9.26 Å². The number of hydrogen-bond donors (Lipinski definition) is 1. The van der Waals surface area contributed by atoms with Gasteiger partial charge in [0.25, 0.3) is 0 Å². The van der Waals surface area contributed by atoms with Gasteiger partial charge >= 0.3 is 0 Å². The number of likely N-dealkylation sites (tertiary alicyclic amines) is 1. The van der Waals surface area contributed by atoms with Gasteiger partial charge in [-0.05, 0) is 45.7 Å². The van der Waals surface area contributed by atoms with E-state index in [1.54, 1.807) is 0 Å². The first kappa shape index (κ1) is 18.0. The Balaban J connectivity index is 1.26. The summed E-state index contributed by atoms with van der Waals surface area (Å²) in [6.07, 6.45) is 8.19. The fraction of sp³-hybridized carbons (Fsp3) is 0.800. The van der Waals surface area contributed by atoms with E-state index in [1.807, 2.05) is 13.0 Å². The minimum Gasteiger partial charge on any atom is -0.379 e. The zero-order valence-electron chi connectivity index (χ0n) is 15.8. The second-order valence-electron chi connectivity index (χ2n) is 8.30. The molecule has 3 fully saturated rings.